The van der Waals surface area contributed by atoms with E-state index >= 15 is 0 Å². The molecule has 1 saturated heterocycles. The van der Waals surface area contributed by atoms with Gasteiger partial charge in [-0.05, 0) is 31.5 Å². The number of anilines is 1. The second-order valence-corrected chi connectivity index (χ2v) is 6.58. The van der Waals surface area contributed by atoms with E-state index in [0.717, 1.165) is 25.6 Å². The van der Waals surface area contributed by atoms with Crippen LogP contribution >= 0.6 is 0 Å². The lowest BCUT2D eigenvalue weighted by Crippen LogP contribution is -2.38. The normalized spacial score (nSPS) is 17.4. The smallest absolute Gasteiger partial charge is 0.350 e. The van der Waals surface area contributed by atoms with Crippen molar-refractivity contribution in [2.24, 2.45) is 0 Å². The van der Waals surface area contributed by atoms with Crippen molar-refractivity contribution in [1.82, 2.24) is 25.3 Å². The minimum Gasteiger partial charge on any atom is -0.350 e. The van der Waals surface area contributed by atoms with Gasteiger partial charge < -0.3 is 15.6 Å². The second kappa shape index (κ2) is 7.13. The zero-order valence-electron chi connectivity index (χ0n) is 14.8. The highest BCUT2D eigenvalue weighted by Crippen LogP contribution is 2.38. The maximum Gasteiger partial charge on any atom is 0.419 e. The lowest BCUT2D eigenvalue weighted by Gasteiger charge is -2.24. The average Bonchev–Trinajstić information content (AvgIpc) is 3.11. The zero-order valence-corrected chi connectivity index (χ0v) is 14.8. The maximum absolute atomic E-state index is 13.6. The quantitative estimate of drug-likeness (QED) is 0.603. The number of aromatic nitrogens is 4. The molecule has 0 saturated carbocycles. The molecule has 9 heteroatoms. The highest BCUT2D eigenvalue weighted by molar-refractivity contribution is 5.93. The molecule has 1 aliphatic heterocycles. The first-order valence-electron chi connectivity index (χ1n) is 8.82. The van der Waals surface area contributed by atoms with Gasteiger partial charge in [-0.1, -0.05) is 5.92 Å². The fourth-order valence-electron chi connectivity index (χ4n) is 3.30. The van der Waals surface area contributed by atoms with Gasteiger partial charge in [0.2, 0.25) is 5.95 Å². The summed E-state index contributed by atoms with van der Waals surface area (Å²) in [5.74, 6) is 2.57. The molecule has 3 N–H and O–H groups in total. The number of pyridine rings is 1. The number of fused-ring (bicyclic) bond motifs is 1. The molecule has 0 unspecified atom stereocenters. The first-order valence-corrected chi connectivity index (χ1v) is 8.82. The van der Waals surface area contributed by atoms with Gasteiger partial charge in [0.1, 0.15) is 16.9 Å². The van der Waals surface area contributed by atoms with Crippen LogP contribution in [0.2, 0.25) is 0 Å². The molecular weight excluding hydrogens is 369 g/mol. The number of hydrogen-bond acceptors (Lipinski definition) is 5. The summed E-state index contributed by atoms with van der Waals surface area (Å²) in [6, 6.07) is 3.30. The molecular formula is C19H17F3N6. The SMILES string of the molecule is C#Cc1ccc2c(-c3nc(N[C@H]4CCCNC4)ncc3C(F)(F)F)c[nH]c2n1. The molecule has 3 aromatic rings. The van der Waals surface area contributed by atoms with Crippen LogP contribution in [0.15, 0.2) is 24.5 Å². The predicted octanol–water partition coefficient (Wildman–Crippen LogP) is 3.18. The van der Waals surface area contributed by atoms with Crippen molar-refractivity contribution in [2.75, 3.05) is 18.4 Å². The van der Waals surface area contributed by atoms with Crippen LogP contribution in [0.5, 0.6) is 0 Å². The molecule has 4 rings (SSSR count). The molecule has 1 aliphatic rings. The van der Waals surface area contributed by atoms with E-state index in [-0.39, 0.29) is 17.7 Å². The minimum absolute atomic E-state index is 0.0705. The van der Waals surface area contributed by atoms with E-state index in [9.17, 15) is 13.2 Å². The zero-order chi connectivity index (χ0) is 19.7. The molecule has 0 aromatic carbocycles. The van der Waals surface area contributed by atoms with Gasteiger partial charge in [0, 0.05) is 35.9 Å². The number of alkyl halides is 3. The van der Waals surface area contributed by atoms with E-state index in [1.165, 1.54) is 6.20 Å². The number of piperidine rings is 1. The third-order valence-electron chi connectivity index (χ3n) is 4.67. The van der Waals surface area contributed by atoms with Crippen molar-refractivity contribution in [3.05, 3.63) is 35.8 Å². The minimum atomic E-state index is -4.59. The Morgan fingerprint density at radius 3 is 2.82 bits per heavy atom. The Bertz CT molecular complexity index is 1040. The Morgan fingerprint density at radius 2 is 2.11 bits per heavy atom. The lowest BCUT2D eigenvalue weighted by atomic mass is 10.1. The summed E-state index contributed by atoms with van der Waals surface area (Å²) in [4.78, 5) is 15.2. The lowest BCUT2D eigenvalue weighted by molar-refractivity contribution is -0.137. The fourth-order valence-corrected chi connectivity index (χ4v) is 3.30. The van der Waals surface area contributed by atoms with E-state index < -0.39 is 11.7 Å². The summed E-state index contributed by atoms with van der Waals surface area (Å²) in [5.41, 5.74) is -0.00222. The molecule has 0 aliphatic carbocycles. The van der Waals surface area contributed by atoms with E-state index in [1.807, 2.05) is 0 Å². The molecule has 0 radical (unpaired) electrons. The highest BCUT2D eigenvalue weighted by atomic mass is 19.4. The van der Waals surface area contributed by atoms with Crippen LogP contribution in [-0.2, 0) is 6.18 Å². The van der Waals surface area contributed by atoms with E-state index in [0.29, 0.717) is 28.8 Å². The van der Waals surface area contributed by atoms with Gasteiger partial charge in [-0.15, -0.1) is 6.42 Å². The van der Waals surface area contributed by atoms with Gasteiger partial charge in [0.05, 0.1) is 5.69 Å². The average molecular weight is 386 g/mol. The Labute approximate surface area is 159 Å². The van der Waals surface area contributed by atoms with E-state index in [2.05, 4.69) is 36.5 Å². The Morgan fingerprint density at radius 1 is 1.25 bits per heavy atom. The van der Waals surface area contributed by atoms with Crippen LogP contribution < -0.4 is 10.6 Å². The first kappa shape index (κ1) is 18.3. The number of nitrogens with zero attached hydrogens (tertiary/aromatic N) is 3. The van der Waals surface area contributed by atoms with Crippen molar-refractivity contribution in [1.29, 1.82) is 0 Å². The predicted molar refractivity (Wildman–Crippen MR) is 99.6 cm³/mol. The molecule has 144 valence electrons. The van der Waals surface area contributed by atoms with Gasteiger partial charge in [0.25, 0.3) is 0 Å². The Kier molecular flexibility index (Phi) is 4.65. The van der Waals surface area contributed by atoms with Crippen molar-refractivity contribution < 1.29 is 13.2 Å². The summed E-state index contributed by atoms with van der Waals surface area (Å²) in [5, 5.41) is 6.87. The summed E-state index contributed by atoms with van der Waals surface area (Å²) in [6.45, 7) is 1.64. The van der Waals surface area contributed by atoms with Crippen LogP contribution in [0.3, 0.4) is 0 Å². The molecule has 0 bridgehead atoms. The molecule has 4 heterocycles. The third-order valence-corrected chi connectivity index (χ3v) is 4.67. The molecule has 0 amide bonds. The maximum atomic E-state index is 13.6. The Hall–Kier alpha value is -3.12. The van der Waals surface area contributed by atoms with Crippen LogP contribution in [0.1, 0.15) is 24.1 Å². The monoisotopic (exact) mass is 386 g/mol. The van der Waals surface area contributed by atoms with Crippen molar-refractivity contribution in [3.8, 4) is 23.6 Å². The summed E-state index contributed by atoms with van der Waals surface area (Å²) in [6.07, 6.45) is 4.92. The highest BCUT2D eigenvalue weighted by Gasteiger charge is 2.36. The van der Waals surface area contributed by atoms with Crippen molar-refractivity contribution in [2.45, 2.75) is 25.1 Å². The number of aromatic amines is 1. The van der Waals surface area contributed by atoms with Crippen molar-refractivity contribution >= 4 is 17.0 Å². The molecule has 0 spiro atoms. The van der Waals surface area contributed by atoms with Gasteiger partial charge in [-0.3, -0.25) is 0 Å². The van der Waals surface area contributed by atoms with E-state index in [1.54, 1.807) is 12.1 Å². The largest absolute Gasteiger partial charge is 0.419 e. The fraction of sp³-hybridized carbons (Fsp3) is 0.316. The standard InChI is InChI=1S/C19H17F3N6/c1-2-11-5-6-13-14(9-24-17(13)26-11)16-15(19(20,21)22)10-25-18(28-16)27-12-4-3-7-23-8-12/h1,5-6,9-10,12,23H,3-4,7-8H2,(H,24,26)(H,25,27,28)/t12-/m0/s1. The third kappa shape index (κ3) is 3.51. The van der Waals surface area contributed by atoms with Gasteiger partial charge in [0.15, 0.2) is 0 Å². The van der Waals surface area contributed by atoms with Crippen LogP contribution in [0, 0.1) is 12.3 Å². The van der Waals surface area contributed by atoms with Crippen LogP contribution in [-0.4, -0.2) is 39.1 Å². The summed E-state index contributed by atoms with van der Waals surface area (Å²) >= 11 is 0. The summed E-state index contributed by atoms with van der Waals surface area (Å²) in [7, 11) is 0. The molecule has 1 atom stereocenters. The van der Waals surface area contributed by atoms with Crippen molar-refractivity contribution in [3.63, 3.8) is 0 Å². The molecule has 6 nitrogen and oxygen atoms in total. The van der Waals surface area contributed by atoms with Gasteiger partial charge in [-0.25, -0.2) is 15.0 Å². The number of terminal acetylenes is 1. The van der Waals surface area contributed by atoms with Crippen LogP contribution in [0.4, 0.5) is 19.1 Å². The Balaban J connectivity index is 1.79. The number of hydrogen-bond donors (Lipinski definition) is 3. The summed E-state index contributed by atoms with van der Waals surface area (Å²) < 4.78 is 40.8. The second-order valence-electron chi connectivity index (χ2n) is 6.58. The number of halogens is 3. The molecule has 1 fully saturated rings. The molecule has 3 aromatic heterocycles. The first-order chi connectivity index (χ1) is 13.5. The molecule has 28 heavy (non-hydrogen) atoms. The van der Waals surface area contributed by atoms with E-state index in [4.69, 9.17) is 6.42 Å². The van der Waals surface area contributed by atoms with Gasteiger partial charge >= 0.3 is 6.18 Å². The topological polar surface area (TPSA) is 78.5 Å². The number of H-pyrrole nitrogens is 1. The number of rotatable bonds is 3. The van der Waals surface area contributed by atoms with Crippen LogP contribution in [0.25, 0.3) is 22.3 Å². The number of nitrogens with one attached hydrogen (secondary N) is 3. The van der Waals surface area contributed by atoms with Gasteiger partial charge in [-0.2, -0.15) is 13.2 Å².